The zero-order valence-electron chi connectivity index (χ0n) is 12.3. The van der Waals surface area contributed by atoms with Crippen LogP contribution in [0.5, 0.6) is 5.75 Å². The van der Waals surface area contributed by atoms with Gasteiger partial charge in [-0.2, -0.15) is 4.72 Å². The highest BCUT2D eigenvalue weighted by Crippen LogP contribution is 2.34. The summed E-state index contributed by atoms with van der Waals surface area (Å²) >= 11 is 0.653. The van der Waals surface area contributed by atoms with Crippen molar-refractivity contribution >= 4 is 33.3 Å². The van der Waals surface area contributed by atoms with Gasteiger partial charge in [0.05, 0.1) is 14.2 Å². The fraction of sp³-hybridized carbons (Fsp3) is 0.500. The number of esters is 1. The summed E-state index contributed by atoms with van der Waals surface area (Å²) in [5.74, 6) is -2.01. The molecule has 0 amide bonds. The molecule has 0 aliphatic rings. The monoisotopic (exact) mass is 351 g/mol. The fourth-order valence-electron chi connectivity index (χ4n) is 1.65. The number of sulfonamides is 1. The van der Waals surface area contributed by atoms with E-state index in [1.807, 2.05) is 0 Å². The maximum atomic E-state index is 12.3. The summed E-state index contributed by atoms with van der Waals surface area (Å²) < 4.78 is 36.0. The summed E-state index contributed by atoms with van der Waals surface area (Å²) in [7, 11) is -1.71. The molecule has 1 aromatic heterocycles. The van der Waals surface area contributed by atoms with Crippen LogP contribution in [0.25, 0.3) is 0 Å². The quantitative estimate of drug-likeness (QED) is 0.672. The SMILES string of the molecule is CCCC(NS(=O)(=O)c1sc(C(=O)OC)cc1OC)C(=O)O. The average Bonchev–Trinajstić information content (AvgIpc) is 2.90. The molecule has 0 aliphatic carbocycles. The van der Waals surface area contributed by atoms with E-state index >= 15 is 0 Å². The molecule has 22 heavy (non-hydrogen) atoms. The molecule has 0 aliphatic heterocycles. The summed E-state index contributed by atoms with van der Waals surface area (Å²) in [4.78, 5) is 22.6. The van der Waals surface area contributed by atoms with Gasteiger partial charge < -0.3 is 14.6 Å². The molecule has 1 atom stereocenters. The van der Waals surface area contributed by atoms with Crippen LogP contribution in [0.3, 0.4) is 0 Å². The van der Waals surface area contributed by atoms with Gasteiger partial charge >= 0.3 is 11.9 Å². The molecule has 0 bridgehead atoms. The molecular formula is C12H17NO7S2. The van der Waals surface area contributed by atoms with Gasteiger partial charge in [0.15, 0.2) is 9.96 Å². The number of carbonyl (C=O) groups excluding carboxylic acids is 1. The Balaban J connectivity index is 3.18. The van der Waals surface area contributed by atoms with Crippen LogP contribution in [0.15, 0.2) is 10.3 Å². The second-order valence-corrected chi connectivity index (χ2v) is 7.22. The summed E-state index contributed by atoms with van der Waals surface area (Å²) in [6.07, 6.45) is 0.639. The number of ether oxygens (including phenoxy) is 2. The first kappa shape index (κ1) is 18.4. The number of carboxylic acid groups (broad SMARTS) is 1. The Kier molecular flexibility index (Phi) is 6.33. The molecule has 1 rings (SSSR count). The van der Waals surface area contributed by atoms with Crippen LogP contribution in [0, 0.1) is 0 Å². The van der Waals surface area contributed by atoms with Crippen LogP contribution in [0.4, 0.5) is 0 Å². The smallest absolute Gasteiger partial charge is 0.348 e. The first-order valence-corrected chi connectivity index (χ1v) is 8.58. The summed E-state index contributed by atoms with van der Waals surface area (Å²) in [6, 6.07) is -0.0101. The van der Waals surface area contributed by atoms with Crippen LogP contribution < -0.4 is 9.46 Å². The summed E-state index contributed by atoms with van der Waals surface area (Å²) in [6.45, 7) is 1.74. The molecule has 10 heteroatoms. The van der Waals surface area contributed by atoms with Gasteiger partial charge in [0.25, 0.3) is 10.0 Å². The van der Waals surface area contributed by atoms with Crippen molar-refractivity contribution in [3.8, 4) is 5.75 Å². The zero-order chi connectivity index (χ0) is 16.9. The Bertz CT molecular complexity index is 650. The van der Waals surface area contributed by atoms with Crippen molar-refractivity contribution in [2.24, 2.45) is 0 Å². The minimum Gasteiger partial charge on any atom is -0.494 e. The normalized spacial score (nSPS) is 12.7. The van der Waals surface area contributed by atoms with Crippen molar-refractivity contribution in [3.05, 3.63) is 10.9 Å². The fourth-order valence-corrected chi connectivity index (χ4v) is 4.39. The predicted molar refractivity (Wildman–Crippen MR) is 78.9 cm³/mol. The number of carboxylic acids is 1. The molecule has 2 N–H and O–H groups in total. The van der Waals surface area contributed by atoms with Crippen LogP contribution in [0.2, 0.25) is 0 Å². The van der Waals surface area contributed by atoms with Gasteiger partial charge in [-0.25, -0.2) is 13.2 Å². The molecule has 1 heterocycles. The zero-order valence-corrected chi connectivity index (χ0v) is 13.9. The number of hydrogen-bond donors (Lipinski definition) is 2. The summed E-state index contributed by atoms with van der Waals surface area (Å²) in [5.41, 5.74) is 0. The Hall–Kier alpha value is -1.65. The Morgan fingerprint density at radius 1 is 1.41 bits per heavy atom. The van der Waals surface area contributed by atoms with Crippen molar-refractivity contribution < 1.29 is 32.6 Å². The Labute approximate surface area is 132 Å². The molecule has 0 fully saturated rings. The standard InChI is InChI=1S/C12H17NO7S2/c1-4-5-7(10(14)15)13-22(17,18)12-8(19-2)6-9(21-12)11(16)20-3/h6-7,13H,4-5H2,1-3H3,(H,14,15). The van der Waals surface area contributed by atoms with E-state index in [1.165, 1.54) is 20.3 Å². The minimum absolute atomic E-state index is 0.0430. The van der Waals surface area contributed by atoms with Crippen molar-refractivity contribution in [3.63, 3.8) is 0 Å². The van der Waals surface area contributed by atoms with Gasteiger partial charge in [0, 0.05) is 6.07 Å². The number of methoxy groups -OCH3 is 2. The van der Waals surface area contributed by atoms with E-state index in [1.54, 1.807) is 6.92 Å². The largest absolute Gasteiger partial charge is 0.494 e. The van der Waals surface area contributed by atoms with Crippen LogP contribution in [-0.2, 0) is 19.6 Å². The average molecular weight is 351 g/mol. The highest BCUT2D eigenvalue weighted by molar-refractivity contribution is 7.91. The second-order valence-electron chi connectivity index (χ2n) is 4.26. The molecule has 0 aromatic carbocycles. The number of hydrogen-bond acceptors (Lipinski definition) is 7. The van der Waals surface area contributed by atoms with Crippen LogP contribution in [-0.4, -0.2) is 45.7 Å². The number of thiophene rings is 1. The molecule has 1 aromatic rings. The molecule has 0 radical (unpaired) electrons. The number of rotatable bonds is 8. The highest BCUT2D eigenvalue weighted by atomic mass is 32.2. The van der Waals surface area contributed by atoms with Crippen LogP contribution in [0.1, 0.15) is 29.4 Å². The maximum Gasteiger partial charge on any atom is 0.348 e. The molecular weight excluding hydrogens is 334 g/mol. The van der Waals surface area contributed by atoms with E-state index in [-0.39, 0.29) is 21.3 Å². The van der Waals surface area contributed by atoms with Gasteiger partial charge in [-0.1, -0.05) is 13.3 Å². The Morgan fingerprint density at radius 2 is 2.05 bits per heavy atom. The predicted octanol–water partition coefficient (Wildman–Crippen LogP) is 1.07. The van der Waals surface area contributed by atoms with E-state index in [2.05, 4.69) is 9.46 Å². The van der Waals surface area contributed by atoms with Crippen molar-refractivity contribution in [2.45, 2.75) is 30.0 Å². The number of carbonyl (C=O) groups is 2. The molecule has 124 valence electrons. The topological polar surface area (TPSA) is 119 Å². The lowest BCUT2D eigenvalue weighted by Gasteiger charge is -2.13. The third kappa shape index (κ3) is 4.18. The lowest BCUT2D eigenvalue weighted by molar-refractivity contribution is -0.139. The van der Waals surface area contributed by atoms with E-state index in [9.17, 15) is 18.0 Å². The minimum atomic E-state index is -4.14. The summed E-state index contributed by atoms with van der Waals surface area (Å²) in [5, 5.41) is 9.04. The maximum absolute atomic E-state index is 12.3. The van der Waals surface area contributed by atoms with E-state index in [4.69, 9.17) is 9.84 Å². The van der Waals surface area contributed by atoms with E-state index in [0.29, 0.717) is 17.8 Å². The lowest BCUT2D eigenvalue weighted by atomic mass is 10.2. The second kappa shape index (κ2) is 7.56. The highest BCUT2D eigenvalue weighted by Gasteiger charge is 2.30. The molecule has 0 saturated heterocycles. The first-order valence-electron chi connectivity index (χ1n) is 6.28. The van der Waals surface area contributed by atoms with Crippen molar-refractivity contribution in [1.82, 2.24) is 4.72 Å². The van der Waals surface area contributed by atoms with E-state index in [0.717, 1.165) is 0 Å². The molecule has 0 spiro atoms. The molecule has 8 nitrogen and oxygen atoms in total. The van der Waals surface area contributed by atoms with Gasteiger partial charge in [0.2, 0.25) is 0 Å². The molecule has 0 saturated carbocycles. The van der Waals surface area contributed by atoms with Gasteiger partial charge in [-0.3, -0.25) is 4.79 Å². The van der Waals surface area contributed by atoms with Crippen LogP contribution >= 0.6 is 11.3 Å². The number of nitrogens with one attached hydrogen (secondary N) is 1. The van der Waals surface area contributed by atoms with Gasteiger partial charge in [-0.05, 0) is 6.42 Å². The first-order chi connectivity index (χ1) is 10.3. The molecule has 1 unspecified atom stereocenters. The lowest BCUT2D eigenvalue weighted by Crippen LogP contribution is -2.40. The van der Waals surface area contributed by atoms with Gasteiger partial charge in [0.1, 0.15) is 10.9 Å². The van der Waals surface area contributed by atoms with Crippen molar-refractivity contribution in [1.29, 1.82) is 0 Å². The van der Waals surface area contributed by atoms with Gasteiger partial charge in [-0.15, -0.1) is 11.3 Å². The van der Waals surface area contributed by atoms with Crippen molar-refractivity contribution in [2.75, 3.05) is 14.2 Å². The third-order valence-electron chi connectivity index (χ3n) is 2.69. The number of aliphatic carboxylic acids is 1. The third-order valence-corrected chi connectivity index (χ3v) is 5.77. The Morgan fingerprint density at radius 3 is 2.50 bits per heavy atom. The van der Waals surface area contributed by atoms with E-state index < -0.39 is 28.0 Å².